The monoisotopic (exact) mass is 240 g/mol. The Hall–Kier alpha value is -1.31. The van der Waals surface area contributed by atoms with Gasteiger partial charge >= 0.3 is 0 Å². The number of nitrogens with one attached hydrogen (secondary N) is 1. The highest BCUT2D eigenvalue weighted by Gasteiger charge is 2.46. The average Bonchev–Trinajstić information content (AvgIpc) is 2.99. The molecule has 1 aromatic rings. The molecule has 1 aromatic carbocycles. The number of nitrogens with zero attached hydrogens (tertiary/aromatic N) is 1. The van der Waals surface area contributed by atoms with Crippen molar-refractivity contribution in [3.63, 3.8) is 0 Å². The van der Waals surface area contributed by atoms with Crippen molar-refractivity contribution in [1.82, 2.24) is 0 Å². The topological polar surface area (TPSA) is 24.4 Å². The molecule has 1 aliphatic heterocycles. The van der Waals surface area contributed by atoms with Crippen LogP contribution in [0.2, 0.25) is 0 Å². The number of anilines is 1. The lowest BCUT2D eigenvalue weighted by atomic mass is 9.80. The first-order valence-corrected chi connectivity index (χ1v) is 7.32. The van der Waals surface area contributed by atoms with Gasteiger partial charge in [-0.05, 0) is 44.2 Å². The molecular formula is C16H20N2. The van der Waals surface area contributed by atoms with Crippen LogP contribution in [0.1, 0.15) is 44.9 Å². The van der Waals surface area contributed by atoms with E-state index in [0.717, 1.165) is 5.69 Å². The van der Waals surface area contributed by atoms with Gasteiger partial charge in [0.1, 0.15) is 0 Å². The van der Waals surface area contributed by atoms with Crippen LogP contribution in [0.25, 0.3) is 0 Å². The molecule has 2 fully saturated rings. The van der Waals surface area contributed by atoms with Crippen LogP contribution in [-0.4, -0.2) is 11.3 Å². The number of hydrogen-bond acceptors (Lipinski definition) is 2. The quantitative estimate of drug-likeness (QED) is 0.718. The van der Waals surface area contributed by atoms with E-state index in [1.54, 1.807) is 0 Å². The molecule has 2 aliphatic carbocycles. The Bertz CT molecular complexity index is 498. The van der Waals surface area contributed by atoms with E-state index in [1.165, 1.54) is 56.3 Å². The van der Waals surface area contributed by atoms with Crippen LogP contribution in [0.4, 0.5) is 11.4 Å². The van der Waals surface area contributed by atoms with Crippen molar-refractivity contribution < 1.29 is 0 Å². The number of benzene rings is 1. The molecule has 0 unspecified atom stereocenters. The number of rotatable bonds is 0. The Morgan fingerprint density at radius 1 is 1.11 bits per heavy atom. The molecular weight excluding hydrogens is 220 g/mol. The summed E-state index contributed by atoms with van der Waals surface area (Å²) in [6.07, 6.45) is 9.27. The SMILES string of the molecule is c1ccc2c(c1)N=C1CCC[C@H]1C1(CCCC1)N2. The van der Waals surface area contributed by atoms with Crippen molar-refractivity contribution in [3.8, 4) is 0 Å². The maximum atomic E-state index is 4.97. The molecule has 4 rings (SSSR count). The highest BCUT2D eigenvalue weighted by molar-refractivity contribution is 5.95. The predicted octanol–water partition coefficient (Wildman–Crippen LogP) is 4.30. The Morgan fingerprint density at radius 3 is 2.83 bits per heavy atom. The van der Waals surface area contributed by atoms with E-state index in [-0.39, 0.29) is 0 Å². The van der Waals surface area contributed by atoms with Gasteiger partial charge < -0.3 is 5.32 Å². The summed E-state index contributed by atoms with van der Waals surface area (Å²) in [4.78, 5) is 4.97. The lowest BCUT2D eigenvalue weighted by Crippen LogP contribution is -2.44. The third kappa shape index (κ3) is 1.44. The Morgan fingerprint density at radius 2 is 1.94 bits per heavy atom. The maximum absolute atomic E-state index is 4.97. The van der Waals surface area contributed by atoms with Crippen LogP contribution in [-0.2, 0) is 0 Å². The molecule has 0 aromatic heterocycles. The van der Waals surface area contributed by atoms with E-state index >= 15 is 0 Å². The van der Waals surface area contributed by atoms with Gasteiger partial charge in [0.25, 0.3) is 0 Å². The number of aliphatic imine (C=N–C) groups is 1. The van der Waals surface area contributed by atoms with Crippen LogP contribution >= 0.6 is 0 Å². The maximum Gasteiger partial charge on any atom is 0.0860 e. The highest BCUT2D eigenvalue weighted by Crippen LogP contribution is 2.48. The zero-order chi connectivity index (χ0) is 12.0. The summed E-state index contributed by atoms with van der Waals surface area (Å²) >= 11 is 0. The molecule has 1 N–H and O–H groups in total. The van der Waals surface area contributed by atoms with Gasteiger partial charge in [0.15, 0.2) is 0 Å². The van der Waals surface area contributed by atoms with E-state index < -0.39 is 0 Å². The van der Waals surface area contributed by atoms with Gasteiger partial charge in [0.05, 0.1) is 11.4 Å². The molecule has 0 amide bonds. The number of para-hydroxylation sites is 2. The van der Waals surface area contributed by atoms with E-state index in [0.29, 0.717) is 11.5 Å². The minimum absolute atomic E-state index is 0.321. The van der Waals surface area contributed by atoms with E-state index in [4.69, 9.17) is 4.99 Å². The van der Waals surface area contributed by atoms with Crippen LogP contribution in [0.3, 0.4) is 0 Å². The standard InChI is InChI=1S/C16H20N2/c1-2-8-15-14(7-1)17-13-9-5-6-12(13)16(18-15)10-3-4-11-16/h1-2,7-8,12,18H,3-6,9-11H2/t12-/m1/s1. The molecule has 0 saturated heterocycles. The molecule has 0 radical (unpaired) electrons. The van der Waals surface area contributed by atoms with Gasteiger partial charge in [0.2, 0.25) is 0 Å². The zero-order valence-electron chi connectivity index (χ0n) is 10.8. The van der Waals surface area contributed by atoms with Gasteiger partial charge in [-0.3, -0.25) is 4.99 Å². The van der Waals surface area contributed by atoms with Gasteiger partial charge in [-0.1, -0.05) is 25.0 Å². The summed E-state index contributed by atoms with van der Waals surface area (Å²) in [5.74, 6) is 0.687. The fraction of sp³-hybridized carbons (Fsp3) is 0.562. The minimum Gasteiger partial charge on any atom is -0.377 e. The first-order valence-electron chi connectivity index (χ1n) is 7.32. The molecule has 2 nitrogen and oxygen atoms in total. The molecule has 18 heavy (non-hydrogen) atoms. The molecule has 94 valence electrons. The lowest BCUT2D eigenvalue weighted by Gasteiger charge is -2.36. The summed E-state index contributed by atoms with van der Waals surface area (Å²) in [6, 6.07) is 8.57. The third-order valence-electron chi connectivity index (χ3n) is 5.04. The Labute approximate surface area is 109 Å². The predicted molar refractivity (Wildman–Crippen MR) is 75.7 cm³/mol. The zero-order valence-corrected chi connectivity index (χ0v) is 10.8. The molecule has 3 aliphatic rings. The molecule has 0 bridgehead atoms. The van der Waals surface area contributed by atoms with Crippen LogP contribution in [0.5, 0.6) is 0 Å². The third-order valence-corrected chi connectivity index (χ3v) is 5.04. The smallest absolute Gasteiger partial charge is 0.0860 e. The first-order chi connectivity index (χ1) is 8.87. The molecule has 1 heterocycles. The largest absolute Gasteiger partial charge is 0.377 e. The fourth-order valence-corrected chi connectivity index (χ4v) is 4.22. The van der Waals surface area contributed by atoms with Crippen LogP contribution in [0.15, 0.2) is 29.3 Å². The van der Waals surface area contributed by atoms with Crippen LogP contribution < -0.4 is 5.32 Å². The summed E-state index contributed by atoms with van der Waals surface area (Å²) in [5.41, 5.74) is 4.20. The number of hydrogen-bond donors (Lipinski definition) is 1. The van der Waals surface area contributed by atoms with Gasteiger partial charge in [-0.15, -0.1) is 0 Å². The second kappa shape index (κ2) is 3.84. The summed E-state index contributed by atoms with van der Waals surface area (Å²) in [6.45, 7) is 0. The van der Waals surface area contributed by atoms with E-state index in [2.05, 4.69) is 29.6 Å². The summed E-state index contributed by atoms with van der Waals surface area (Å²) in [5, 5.41) is 3.89. The van der Waals surface area contributed by atoms with Crippen molar-refractivity contribution in [3.05, 3.63) is 24.3 Å². The average molecular weight is 240 g/mol. The van der Waals surface area contributed by atoms with E-state index in [9.17, 15) is 0 Å². The van der Waals surface area contributed by atoms with Crippen molar-refractivity contribution in [2.75, 3.05) is 5.32 Å². The minimum atomic E-state index is 0.321. The first kappa shape index (κ1) is 10.6. The fourth-order valence-electron chi connectivity index (χ4n) is 4.22. The van der Waals surface area contributed by atoms with Gasteiger partial charge in [-0.2, -0.15) is 0 Å². The molecule has 1 spiro atoms. The second-order valence-corrected chi connectivity index (χ2v) is 6.05. The highest BCUT2D eigenvalue weighted by atomic mass is 15.0. The molecule has 2 saturated carbocycles. The summed E-state index contributed by atoms with van der Waals surface area (Å²) in [7, 11) is 0. The molecule has 2 heteroatoms. The second-order valence-electron chi connectivity index (χ2n) is 6.05. The van der Waals surface area contributed by atoms with Crippen molar-refractivity contribution in [2.45, 2.75) is 50.5 Å². The lowest BCUT2D eigenvalue weighted by molar-refractivity contribution is 0.378. The Balaban J connectivity index is 1.86. The Kier molecular flexibility index (Phi) is 2.26. The summed E-state index contributed by atoms with van der Waals surface area (Å²) < 4.78 is 0. The molecule has 1 atom stereocenters. The van der Waals surface area contributed by atoms with Crippen LogP contribution in [0, 0.1) is 5.92 Å². The number of fused-ring (bicyclic) bond motifs is 3. The van der Waals surface area contributed by atoms with Gasteiger partial charge in [0, 0.05) is 17.2 Å². The normalized spacial score (nSPS) is 28.2. The van der Waals surface area contributed by atoms with Crippen molar-refractivity contribution in [2.24, 2.45) is 10.9 Å². The van der Waals surface area contributed by atoms with Gasteiger partial charge in [-0.25, -0.2) is 0 Å². The van der Waals surface area contributed by atoms with Crippen molar-refractivity contribution in [1.29, 1.82) is 0 Å². The van der Waals surface area contributed by atoms with E-state index in [1.807, 2.05) is 0 Å². The van der Waals surface area contributed by atoms with Crippen molar-refractivity contribution >= 4 is 17.1 Å².